The van der Waals surface area contributed by atoms with Crippen molar-refractivity contribution in [3.8, 4) is 22.5 Å². The lowest BCUT2D eigenvalue weighted by Crippen LogP contribution is -2.16. The zero-order chi connectivity index (χ0) is 29.4. The normalized spacial score (nSPS) is 10.6. The zero-order valence-corrected chi connectivity index (χ0v) is 23.5. The summed E-state index contributed by atoms with van der Waals surface area (Å²) in [6, 6.07) is 15.9. The summed E-state index contributed by atoms with van der Waals surface area (Å²) in [6.45, 7) is 12.0. The molecule has 5 rings (SSSR count). The molecule has 0 atom stereocenters. The van der Waals surface area contributed by atoms with Crippen molar-refractivity contribution >= 4 is 11.5 Å². The molecule has 0 saturated carbocycles. The lowest BCUT2D eigenvalue weighted by Gasteiger charge is -2.13. The van der Waals surface area contributed by atoms with E-state index in [1.165, 1.54) is 0 Å². The summed E-state index contributed by atoms with van der Waals surface area (Å²) >= 11 is 0. The molecule has 0 aliphatic heterocycles. The molecule has 3 heterocycles. The van der Waals surface area contributed by atoms with Crippen molar-refractivity contribution in [3.63, 3.8) is 0 Å². The van der Waals surface area contributed by atoms with E-state index >= 15 is 0 Å². The SMILES string of the molecule is C=C(C)c1nc(CCC)n(Cc2ccc(-c3ccccc3-c3nn[nH]n3)cc2)c1C(=O)OCc1coc(=O)o1.CC. The van der Waals surface area contributed by atoms with Gasteiger partial charge in [-0.15, -0.1) is 10.2 Å². The molecule has 0 aliphatic rings. The Morgan fingerprint density at radius 3 is 2.44 bits per heavy atom. The Morgan fingerprint density at radius 1 is 1.10 bits per heavy atom. The summed E-state index contributed by atoms with van der Waals surface area (Å²) in [5, 5.41) is 14.4. The van der Waals surface area contributed by atoms with Gasteiger partial charge in [0.05, 0.1) is 5.69 Å². The number of imidazole rings is 1. The van der Waals surface area contributed by atoms with Gasteiger partial charge in [0, 0.05) is 18.5 Å². The Morgan fingerprint density at radius 2 is 1.83 bits per heavy atom. The minimum absolute atomic E-state index is 0.113. The third kappa shape index (κ3) is 6.57. The molecule has 0 spiro atoms. The molecule has 0 radical (unpaired) electrons. The van der Waals surface area contributed by atoms with Gasteiger partial charge in [-0.25, -0.2) is 14.6 Å². The molecular weight excluding hydrogens is 524 g/mol. The smallest absolute Gasteiger partial charge is 0.453 e. The van der Waals surface area contributed by atoms with E-state index in [9.17, 15) is 9.59 Å². The Balaban J connectivity index is 0.00000189. The van der Waals surface area contributed by atoms with E-state index in [-0.39, 0.29) is 12.4 Å². The van der Waals surface area contributed by atoms with Gasteiger partial charge in [-0.1, -0.05) is 75.9 Å². The predicted molar refractivity (Wildman–Crippen MR) is 153 cm³/mol. The number of H-pyrrole nitrogens is 1. The fourth-order valence-electron chi connectivity index (χ4n) is 4.30. The second-order valence-corrected chi connectivity index (χ2v) is 8.95. The average Bonchev–Trinajstić information content (AvgIpc) is 3.75. The quantitative estimate of drug-likeness (QED) is 0.215. The molecule has 0 saturated heterocycles. The highest BCUT2D eigenvalue weighted by Gasteiger charge is 2.25. The second-order valence-electron chi connectivity index (χ2n) is 8.95. The van der Waals surface area contributed by atoms with E-state index in [2.05, 4.69) is 31.6 Å². The zero-order valence-electron chi connectivity index (χ0n) is 23.5. The van der Waals surface area contributed by atoms with Gasteiger partial charge < -0.3 is 18.1 Å². The van der Waals surface area contributed by atoms with Crippen LogP contribution in [0.15, 0.2) is 75.0 Å². The van der Waals surface area contributed by atoms with Gasteiger partial charge in [0.25, 0.3) is 0 Å². The molecule has 0 bridgehead atoms. The predicted octanol–water partition coefficient (Wildman–Crippen LogP) is 5.69. The minimum atomic E-state index is -0.859. The van der Waals surface area contributed by atoms with Crippen LogP contribution in [0.2, 0.25) is 0 Å². The van der Waals surface area contributed by atoms with Gasteiger partial charge in [0.2, 0.25) is 5.82 Å². The summed E-state index contributed by atoms with van der Waals surface area (Å²) in [4.78, 5) is 29.2. The molecule has 1 N–H and O–H groups in total. The van der Waals surface area contributed by atoms with E-state index in [4.69, 9.17) is 14.1 Å². The van der Waals surface area contributed by atoms with E-state index in [0.29, 0.717) is 35.8 Å². The molecule has 41 heavy (non-hydrogen) atoms. The molecule has 2 aromatic carbocycles. The molecule has 11 heteroatoms. The van der Waals surface area contributed by atoms with Crippen LogP contribution in [0.1, 0.15) is 67.4 Å². The number of allylic oxidation sites excluding steroid dienone is 1. The van der Waals surface area contributed by atoms with Gasteiger partial charge in [-0.05, 0) is 40.8 Å². The van der Waals surface area contributed by atoms with Gasteiger partial charge in [-0.3, -0.25) is 0 Å². The first-order valence-corrected chi connectivity index (χ1v) is 13.4. The second kappa shape index (κ2) is 13.3. The number of carbonyl (C=O) groups excluding carboxylic acids is 1. The van der Waals surface area contributed by atoms with Gasteiger partial charge in [0.15, 0.2) is 18.1 Å². The number of benzene rings is 2. The van der Waals surface area contributed by atoms with Crippen LogP contribution in [0.4, 0.5) is 0 Å². The maximum Gasteiger partial charge on any atom is 0.518 e. The third-order valence-corrected chi connectivity index (χ3v) is 6.08. The summed E-state index contributed by atoms with van der Waals surface area (Å²) in [6.07, 6.45) is 2.63. The Bertz CT molecular complexity index is 1660. The summed E-state index contributed by atoms with van der Waals surface area (Å²) in [5.74, 6) is -0.0762. The maximum absolute atomic E-state index is 13.3. The highest BCUT2D eigenvalue weighted by Crippen LogP contribution is 2.30. The third-order valence-electron chi connectivity index (χ3n) is 6.08. The number of hydrogen-bond acceptors (Lipinski definition) is 9. The van der Waals surface area contributed by atoms with Crippen molar-refractivity contribution in [3.05, 3.63) is 101 Å². The summed E-state index contributed by atoms with van der Waals surface area (Å²) < 4.78 is 16.8. The number of ether oxygens (including phenoxy) is 1. The van der Waals surface area contributed by atoms with Crippen LogP contribution in [0.3, 0.4) is 0 Å². The molecule has 0 amide bonds. The van der Waals surface area contributed by atoms with Crippen molar-refractivity contribution in [1.82, 2.24) is 30.2 Å². The summed E-state index contributed by atoms with van der Waals surface area (Å²) in [5.41, 5.74) is 5.20. The molecular formula is C30H32N6O5. The first-order valence-electron chi connectivity index (χ1n) is 13.4. The number of carbonyl (C=O) groups is 1. The first-order chi connectivity index (χ1) is 19.9. The Labute approximate surface area is 236 Å². The number of esters is 1. The van der Waals surface area contributed by atoms with Crippen molar-refractivity contribution in [1.29, 1.82) is 0 Å². The monoisotopic (exact) mass is 556 g/mol. The standard InChI is InChI=1S/C28H26N6O5.C2H6/c1-4-7-23-29-24(17(2)3)25(27(35)37-15-20-16-38-28(36)39-20)34(23)14-18-10-12-19(13-11-18)21-8-5-6-9-22(21)26-30-32-33-31-26;1-2/h5-6,8-13,16H,2,4,7,14-15H2,1,3H3,(H,30,31,32,33);1-2H3. The molecule has 0 fully saturated rings. The van der Waals surface area contributed by atoms with Crippen LogP contribution in [0.25, 0.3) is 28.1 Å². The molecule has 212 valence electrons. The fraction of sp³-hybridized carbons (Fsp3) is 0.267. The highest BCUT2D eigenvalue weighted by molar-refractivity contribution is 5.93. The number of nitrogens with zero attached hydrogens (tertiary/aromatic N) is 5. The molecule has 5 aromatic rings. The number of hydrogen-bond donors (Lipinski definition) is 1. The van der Waals surface area contributed by atoms with Crippen LogP contribution in [0.5, 0.6) is 0 Å². The maximum atomic E-state index is 13.3. The van der Waals surface area contributed by atoms with E-state index in [1.54, 1.807) is 6.92 Å². The highest BCUT2D eigenvalue weighted by atomic mass is 16.6. The molecule has 0 unspecified atom stereocenters. The van der Waals surface area contributed by atoms with Crippen LogP contribution >= 0.6 is 0 Å². The van der Waals surface area contributed by atoms with Crippen molar-refractivity contribution in [2.45, 2.75) is 53.7 Å². The first kappa shape index (κ1) is 28.9. The molecule has 11 nitrogen and oxygen atoms in total. The van der Waals surface area contributed by atoms with Gasteiger partial charge >= 0.3 is 11.8 Å². The Hall–Kier alpha value is -5.06. The number of nitrogens with one attached hydrogen (secondary N) is 1. The van der Waals surface area contributed by atoms with Crippen LogP contribution < -0.4 is 5.82 Å². The van der Waals surface area contributed by atoms with Crippen molar-refractivity contribution in [2.24, 2.45) is 0 Å². The largest absolute Gasteiger partial charge is 0.518 e. The number of rotatable bonds is 10. The number of tetrazole rings is 1. The topological polar surface area (TPSA) is 142 Å². The molecule has 0 aliphatic carbocycles. The lowest BCUT2D eigenvalue weighted by atomic mass is 9.98. The number of aryl methyl sites for hydroxylation is 1. The van der Waals surface area contributed by atoms with Gasteiger partial charge in [0.1, 0.15) is 12.1 Å². The van der Waals surface area contributed by atoms with E-state index < -0.39 is 11.8 Å². The average molecular weight is 557 g/mol. The van der Waals surface area contributed by atoms with E-state index in [1.807, 2.05) is 73.9 Å². The summed E-state index contributed by atoms with van der Waals surface area (Å²) in [7, 11) is 0. The van der Waals surface area contributed by atoms with Crippen molar-refractivity contribution in [2.75, 3.05) is 0 Å². The fourth-order valence-corrected chi connectivity index (χ4v) is 4.30. The van der Waals surface area contributed by atoms with Crippen LogP contribution in [0, 0.1) is 0 Å². The minimum Gasteiger partial charge on any atom is -0.453 e. The van der Waals surface area contributed by atoms with Gasteiger partial charge in [-0.2, -0.15) is 5.21 Å². The van der Waals surface area contributed by atoms with Crippen LogP contribution in [-0.2, 0) is 24.3 Å². The van der Waals surface area contributed by atoms with Crippen molar-refractivity contribution < 1.29 is 18.4 Å². The number of aromatic nitrogens is 6. The van der Waals surface area contributed by atoms with E-state index in [0.717, 1.165) is 40.8 Å². The van der Waals surface area contributed by atoms with Crippen LogP contribution in [-0.4, -0.2) is 36.1 Å². The lowest BCUT2D eigenvalue weighted by molar-refractivity contribution is 0.0431. The Kier molecular flexibility index (Phi) is 9.41. The molecule has 3 aromatic heterocycles. The number of aromatic amines is 1.